The molecular weight excluding hydrogens is 206 g/mol. The van der Waals surface area contributed by atoms with E-state index in [1.165, 1.54) is 12.8 Å². The largest absolute Gasteiger partial charge is 0.421 e. The van der Waals surface area contributed by atoms with Gasteiger partial charge in [-0.3, -0.25) is 0 Å². The van der Waals surface area contributed by atoms with E-state index < -0.39 is 0 Å². The molecule has 0 amide bonds. The van der Waals surface area contributed by atoms with Crippen molar-refractivity contribution in [1.29, 1.82) is 0 Å². The Morgan fingerprint density at radius 3 is 2.81 bits per heavy atom. The predicted octanol–water partition coefficient (Wildman–Crippen LogP) is 1.56. The standard InChI is InChI=1S/C11H17N3O2/c1-7-2-5-9(15-7)11-14-13-10(16-11)6-12-8-3-4-8/h7-9,12H,2-6H2,1H3. The lowest BCUT2D eigenvalue weighted by Crippen LogP contribution is -2.15. The van der Waals surface area contributed by atoms with E-state index in [1.54, 1.807) is 0 Å². The van der Waals surface area contributed by atoms with Gasteiger partial charge in [-0.1, -0.05) is 0 Å². The zero-order valence-electron chi connectivity index (χ0n) is 9.48. The van der Waals surface area contributed by atoms with Crippen LogP contribution in [0.15, 0.2) is 4.42 Å². The van der Waals surface area contributed by atoms with Gasteiger partial charge in [-0.25, -0.2) is 0 Å². The lowest BCUT2D eigenvalue weighted by Gasteiger charge is -2.05. The number of hydrogen-bond donors (Lipinski definition) is 1. The Labute approximate surface area is 94.6 Å². The third-order valence-corrected chi connectivity index (χ3v) is 3.11. The topological polar surface area (TPSA) is 60.2 Å². The Morgan fingerprint density at radius 2 is 2.12 bits per heavy atom. The maximum Gasteiger partial charge on any atom is 0.245 e. The minimum absolute atomic E-state index is 0.0113. The molecule has 1 aliphatic carbocycles. The summed E-state index contributed by atoms with van der Waals surface area (Å²) in [5, 5.41) is 11.4. The molecular formula is C11H17N3O2. The van der Waals surface area contributed by atoms with Crippen molar-refractivity contribution in [2.24, 2.45) is 0 Å². The number of aromatic nitrogens is 2. The van der Waals surface area contributed by atoms with Gasteiger partial charge in [-0.2, -0.15) is 0 Å². The van der Waals surface area contributed by atoms with Crippen LogP contribution in [0.2, 0.25) is 0 Å². The number of nitrogens with one attached hydrogen (secondary N) is 1. The van der Waals surface area contributed by atoms with E-state index in [1.807, 2.05) is 0 Å². The summed E-state index contributed by atoms with van der Waals surface area (Å²) in [6, 6.07) is 0.665. The van der Waals surface area contributed by atoms with Crippen LogP contribution < -0.4 is 5.32 Å². The van der Waals surface area contributed by atoms with E-state index in [4.69, 9.17) is 9.15 Å². The number of hydrogen-bond acceptors (Lipinski definition) is 5. The Balaban J connectivity index is 1.58. The Morgan fingerprint density at radius 1 is 1.25 bits per heavy atom. The highest BCUT2D eigenvalue weighted by Crippen LogP contribution is 2.31. The molecule has 5 heteroatoms. The highest BCUT2D eigenvalue weighted by molar-refractivity contribution is 4.91. The van der Waals surface area contributed by atoms with Crippen molar-refractivity contribution < 1.29 is 9.15 Å². The SMILES string of the molecule is CC1CCC(c2nnc(CNC3CC3)o2)O1. The van der Waals surface area contributed by atoms with E-state index in [9.17, 15) is 0 Å². The van der Waals surface area contributed by atoms with E-state index in [2.05, 4.69) is 22.4 Å². The van der Waals surface area contributed by atoms with Crippen molar-refractivity contribution in [3.8, 4) is 0 Å². The van der Waals surface area contributed by atoms with Gasteiger partial charge >= 0.3 is 0 Å². The van der Waals surface area contributed by atoms with Crippen LogP contribution in [0, 0.1) is 0 Å². The molecule has 0 aromatic carbocycles. The van der Waals surface area contributed by atoms with E-state index in [0.717, 1.165) is 12.8 Å². The highest BCUT2D eigenvalue weighted by atomic mass is 16.5. The van der Waals surface area contributed by atoms with Crippen LogP contribution >= 0.6 is 0 Å². The highest BCUT2D eigenvalue weighted by Gasteiger charge is 2.28. The molecule has 1 N–H and O–H groups in total. The Bertz CT molecular complexity index is 362. The van der Waals surface area contributed by atoms with Gasteiger partial charge in [0.15, 0.2) is 0 Å². The average molecular weight is 223 g/mol. The van der Waals surface area contributed by atoms with Crippen molar-refractivity contribution in [3.63, 3.8) is 0 Å². The molecule has 2 fully saturated rings. The molecule has 5 nitrogen and oxygen atoms in total. The molecule has 2 heterocycles. The van der Waals surface area contributed by atoms with Gasteiger partial charge in [-0.15, -0.1) is 10.2 Å². The molecule has 1 aromatic heterocycles. The van der Waals surface area contributed by atoms with Gasteiger partial charge in [0, 0.05) is 6.04 Å². The summed E-state index contributed by atoms with van der Waals surface area (Å²) in [5.41, 5.74) is 0. The normalized spacial score (nSPS) is 29.8. The second kappa shape index (κ2) is 4.14. The smallest absolute Gasteiger partial charge is 0.245 e. The van der Waals surface area contributed by atoms with Gasteiger partial charge in [0.1, 0.15) is 6.10 Å². The summed E-state index contributed by atoms with van der Waals surface area (Å²) in [6.07, 6.45) is 4.91. The first kappa shape index (κ1) is 10.2. The molecule has 2 atom stereocenters. The van der Waals surface area contributed by atoms with Crippen LogP contribution in [0.3, 0.4) is 0 Å². The monoisotopic (exact) mass is 223 g/mol. The van der Waals surface area contributed by atoms with Crippen molar-refractivity contribution in [1.82, 2.24) is 15.5 Å². The summed E-state index contributed by atoms with van der Waals surface area (Å²) in [6.45, 7) is 2.76. The summed E-state index contributed by atoms with van der Waals surface area (Å²) in [5.74, 6) is 1.31. The minimum atomic E-state index is 0.0113. The molecule has 0 spiro atoms. The lowest BCUT2D eigenvalue weighted by atomic mass is 10.2. The molecule has 1 aliphatic heterocycles. The first-order chi connectivity index (χ1) is 7.81. The first-order valence-corrected chi connectivity index (χ1v) is 6.02. The van der Waals surface area contributed by atoms with Crippen LogP contribution in [0.5, 0.6) is 0 Å². The first-order valence-electron chi connectivity index (χ1n) is 6.02. The summed E-state index contributed by atoms with van der Waals surface area (Å²) in [7, 11) is 0. The van der Waals surface area contributed by atoms with Crippen LogP contribution in [0.4, 0.5) is 0 Å². The van der Waals surface area contributed by atoms with Crippen LogP contribution in [0.25, 0.3) is 0 Å². The molecule has 16 heavy (non-hydrogen) atoms. The van der Waals surface area contributed by atoms with Gasteiger partial charge in [0.25, 0.3) is 0 Å². The number of rotatable bonds is 4. The number of ether oxygens (including phenoxy) is 1. The molecule has 3 rings (SSSR count). The summed E-state index contributed by atoms with van der Waals surface area (Å²) in [4.78, 5) is 0. The van der Waals surface area contributed by atoms with Crippen molar-refractivity contribution in [2.75, 3.05) is 0 Å². The van der Waals surface area contributed by atoms with Crippen molar-refractivity contribution in [2.45, 2.75) is 57.4 Å². The third-order valence-electron chi connectivity index (χ3n) is 3.11. The Kier molecular flexibility index (Phi) is 2.65. The van der Waals surface area contributed by atoms with Gasteiger partial charge in [0.05, 0.1) is 12.6 Å². The molecule has 0 radical (unpaired) electrons. The fraction of sp³-hybridized carbons (Fsp3) is 0.818. The van der Waals surface area contributed by atoms with E-state index in [0.29, 0.717) is 30.5 Å². The molecule has 2 unspecified atom stereocenters. The number of nitrogens with zero attached hydrogens (tertiary/aromatic N) is 2. The van der Waals surface area contributed by atoms with Gasteiger partial charge in [0.2, 0.25) is 11.8 Å². The minimum Gasteiger partial charge on any atom is -0.421 e. The maximum absolute atomic E-state index is 5.68. The second-order valence-corrected chi connectivity index (χ2v) is 4.70. The quantitative estimate of drug-likeness (QED) is 0.839. The van der Waals surface area contributed by atoms with Crippen molar-refractivity contribution >= 4 is 0 Å². The fourth-order valence-corrected chi connectivity index (χ4v) is 1.97. The van der Waals surface area contributed by atoms with E-state index in [-0.39, 0.29) is 6.10 Å². The Hall–Kier alpha value is -0.940. The third kappa shape index (κ3) is 2.25. The van der Waals surface area contributed by atoms with Crippen molar-refractivity contribution in [3.05, 3.63) is 11.8 Å². The zero-order chi connectivity index (χ0) is 11.0. The zero-order valence-corrected chi connectivity index (χ0v) is 9.48. The molecule has 0 bridgehead atoms. The maximum atomic E-state index is 5.68. The van der Waals surface area contributed by atoms with Crippen LogP contribution in [-0.4, -0.2) is 22.3 Å². The fourth-order valence-electron chi connectivity index (χ4n) is 1.97. The molecule has 1 saturated heterocycles. The van der Waals surface area contributed by atoms with Crippen LogP contribution in [0.1, 0.15) is 50.5 Å². The summed E-state index contributed by atoms with van der Waals surface area (Å²) >= 11 is 0. The molecule has 1 aromatic rings. The average Bonchev–Trinajstić information content (AvgIpc) is 2.81. The summed E-state index contributed by atoms with van der Waals surface area (Å²) < 4.78 is 11.3. The molecule has 2 aliphatic rings. The van der Waals surface area contributed by atoms with E-state index >= 15 is 0 Å². The second-order valence-electron chi connectivity index (χ2n) is 4.70. The lowest BCUT2D eigenvalue weighted by molar-refractivity contribution is 0.0383. The van der Waals surface area contributed by atoms with Gasteiger partial charge < -0.3 is 14.5 Å². The van der Waals surface area contributed by atoms with Gasteiger partial charge in [-0.05, 0) is 32.6 Å². The predicted molar refractivity (Wildman–Crippen MR) is 56.7 cm³/mol. The molecule has 88 valence electrons. The van der Waals surface area contributed by atoms with Crippen LogP contribution in [-0.2, 0) is 11.3 Å². The molecule has 1 saturated carbocycles.